The van der Waals surface area contributed by atoms with E-state index in [1.54, 1.807) is 24.3 Å². The van der Waals surface area contributed by atoms with Gasteiger partial charge in [0.25, 0.3) is 11.8 Å². The molecule has 3 rings (SSSR count). The molecular formula is C23H30N4O5S. The van der Waals surface area contributed by atoms with Crippen molar-refractivity contribution in [2.24, 2.45) is 0 Å². The summed E-state index contributed by atoms with van der Waals surface area (Å²) in [5.74, 6) is 0.00170. The molecule has 0 aromatic heterocycles. The van der Waals surface area contributed by atoms with Gasteiger partial charge < -0.3 is 19.9 Å². The molecule has 9 nitrogen and oxygen atoms in total. The van der Waals surface area contributed by atoms with Crippen LogP contribution in [0.4, 0.5) is 5.69 Å². The molecule has 1 fully saturated rings. The van der Waals surface area contributed by atoms with Crippen LogP contribution < -0.4 is 14.8 Å². The number of nitrogens with one attached hydrogen (secondary N) is 2. The van der Waals surface area contributed by atoms with Crippen LogP contribution in [0.15, 0.2) is 53.4 Å². The van der Waals surface area contributed by atoms with Crippen molar-refractivity contribution in [3.8, 4) is 5.75 Å². The SMILES string of the molecule is CCCNS(=O)(=O)c1ccc(OCC(=O)Nc2ccc(C(=O)N3CCN(C)CC3)cc2)cc1. The smallest absolute Gasteiger partial charge is 0.262 e. The molecule has 0 atom stereocenters. The van der Waals surface area contributed by atoms with Crippen LogP contribution in [0.25, 0.3) is 0 Å². The maximum absolute atomic E-state index is 12.6. The van der Waals surface area contributed by atoms with Gasteiger partial charge in [-0.2, -0.15) is 0 Å². The minimum absolute atomic E-state index is 0.0142. The predicted molar refractivity (Wildman–Crippen MR) is 126 cm³/mol. The Bertz CT molecular complexity index is 1050. The second-order valence-electron chi connectivity index (χ2n) is 7.88. The third kappa shape index (κ3) is 7.01. The number of hydrogen-bond donors (Lipinski definition) is 2. The lowest BCUT2D eigenvalue weighted by Crippen LogP contribution is -2.47. The molecule has 1 saturated heterocycles. The van der Waals surface area contributed by atoms with E-state index in [9.17, 15) is 18.0 Å². The first-order valence-corrected chi connectivity index (χ1v) is 12.4. The summed E-state index contributed by atoms with van der Waals surface area (Å²) in [5, 5.41) is 2.72. The number of anilines is 1. The molecule has 0 bridgehead atoms. The molecule has 1 aliphatic heterocycles. The van der Waals surface area contributed by atoms with Crippen LogP contribution >= 0.6 is 0 Å². The predicted octanol–water partition coefficient (Wildman–Crippen LogP) is 1.78. The Balaban J connectivity index is 1.48. The Labute approximate surface area is 194 Å². The van der Waals surface area contributed by atoms with Gasteiger partial charge in [-0.05, 0) is 62.0 Å². The molecule has 2 aromatic rings. The highest BCUT2D eigenvalue weighted by molar-refractivity contribution is 7.89. The monoisotopic (exact) mass is 474 g/mol. The molecule has 2 amide bonds. The fraction of sp³-hybridized carbons (Fsp3) is 0.391. The fourth-order valence-electron chi connectivity index (χ4n) is 3.27. The number of hydrogen-bond acceptors (Lipinski definition) is 6. The second kappa shape index (κ2) is 11.3. The van der Waals surface area contributed by atoms with Crippen LogP contribution in [-0.4, -0.2) is 76.4 Å². The first kappa shape index (κ1) is 24.7. The zero-order valence-electron chi connectivity index (χ0n) is 18.9. The second-order valence-corrected chi connectivity index (χ2v) is 9.65. The van der Waals surface area contributed by atoms with Gasteiger partial charge in [0.2, 0.25) is 10.0 Å². The molecule has 33 heavy (non-hydrogen) atoms. The van der Waals surface area contributed by atoms with E-state index < -0.39 is 10.0 Å². The largest absolute Gasteiger partial charge is 0.484 e. The summed E-state index contributed by atoms with van der Waals surface area (Å²) in [6.45, 7) is 5.13. The van der Waals surface area contributed by atoms with E-state index in [1.807, 2.05) is 18.9 Å². The molecule has 0 spiro atoms. The molecule has 0 aliphatic carbocycles. The quantitative estimate of drug-likeness (QED) is 0.574. The van der Waals surface area contributed by atoms with Gasteiger partial charge in [0, 0.05) is 44.0 Å². The summed E-state index contributed by atoms with van der Waals surface area (Å²) in [4.78, 5) is 29.0. The summed E-state index contributed by atoms with van der Waals surface area (Å²) < 4.78 is 32.1. The Morgan fingerprint density at radius 2 is 1.61 bits per heavy atom. The summed E-state index contributed by atoms with van der Waals surface area (Å²) >= 11 is 0. The summed E-state index contributed by atoms with van der Waals surface area (Å²) in [5.41, 5.74) is 1.14. The van der Waals surface area contributed by atoms with Crippen LogP contribution in [0.1, 0.15) is 23.7 Å². The number of amides is 2. The van der Waals surface area contributed by atoms with Crippen molar-refractivity contribution in [2.45, 2.75) is 18.2 Å². The average Bonchev–Trinajstić information content (AvgIpc) is 2.82. The standard InChI is InChI=1S/C23H30N4O5S/c1-3-12-24-33(30,31)21-10-8-20(9-11-21)32-17-22(28)25-19-6-4-18(5-7-19)23(29)27-15-13-26(2)14-16-27/h4-11,24H,3,12-17H2,1-2H3,(H,25,28). The van der Waals surface area contributed by atoms with Crippen LogP contribution in [0.3, 0.4) is 0 Å². The van der Waals surface area contributed by atoms with E-state index in [1.165, 1.54) is 24.3 Å². The van der Waals surface area contributed by atoms with Crippen molar-refractivity contribution in [3.63, 3.8) is 0 Å². The number of nitrogens with zero attached hydrogens (tertiary/aromatic N) is 2. The minimum Gasteiger partial charge on any atom is -0.484 e. The van der Waals surface area contributed by atoms with Crippen LogP contribution in [-0.2, 0) is 14.8 Å². The summed E-state index contributed by atoms with van der Waals surface area (Å²) in [6.07, 6.45) is 0.699. The van der Waals surface area contributed by atoms with E-state index in [4.69, 9.17) is 4.74 Å². The van der Waals surface area contributed by atoms with Crippen molar-refractivity contribution < 1.29 is 22.7 Å². The molecule has 178 valence electrons. The highest BCUT2D eigenvalue weighted by Crippen LogP contribution is 2.17. The third-order valence-corrected chi connectivity index (χ3v) is 6.73. The number of ether oxygens (including phenoxy) is 1. The van der Waals surface area contributed by atoms with E-state index in [0.717, 1.165) is 13.1 Å². The highest BCUT2D eigenvalue weighted by Gasteiger charge is 2.20. The maximum Gasteiger partial charge on any atom is 0.262 e. The van der Waals surface area contributed by atoms with Crippen LogP contribution in [0.2, 0.25) is 0 Å². The van der Waals surface area contributed by atoms with Gasteiger partial charge >= 0.3 is 0 Å². The van der Waals surface area contributed by atoms with Crippen molar-refractivity contribution in [1.82, 2.24) is 14.5 Å². The molecule has 2 aromatic carbocycles. The zero-order valence-corrected chi connectivity index (χ0v) is 19.7. The number of rotatable bonds is 9. The molecule has 2 N–H and O–H groups in total. The van der Waals surface area contributed by atoms with Crippen LogP contribution in [0.5, 0.6) is 5.75 Å². The average molecular weight is 475 g/mol. The molecule has 1 heterocycles. The number of carbonyl (C=O) groups is 2. The van der Waals surface area contributed by atoms with Gasteiger partial charge in [-0.25, -0.2) is 13.1 Å². The van der Waals surface area contributed by atoms with Crippen molar-refractivity contribution >= 4 is 27.5 Å². The van der Waals surface area contributed by atoms with Gasteiger partial charge in [-0.15, -0.1) is 0 Å². The first-order chi connectivity index (χ1) is 15.8. The third-order valence-electron chi connectivity index (χ3n) is 5.25. The van der Waals surface area contributed by atoms with Gasteiger partial charge in [0.1, 0.15) is 5.75 Å². The fourth-order valence-corrected chi connectivity index (χ4v) is 4.40. The maximum atomic E-state index is 12.6. The molecular weight excluding hydrogens is 444 g/mol. The number of carbonyl (C=O) groups excluding carboxylic acids is 2. The van der Waals surface area contributed by atoms with E-state index in [-0.39, 0.29) is 23.3 Å². The summed E-state index contributed by atoms with van der Waals surface area (Å²) in [6, 6.07) is 12.6. The van der Waals surface area contributed by atoms with Gasteiger partial charge in [-0.1, -0.05) is 6.92 Å². The molecule has 0 radical (unpaired) electrons. The lowest BCUT2D eigenvalue weighted by atomic mass is 10.1. The Kier molecular flexibility index (Phi) is 8.43. The van der Waals surface area contributed by atoms with E-state index >= 15 is 0 Å². The number of sulfonamides is 1. The first-order valence-electron chi connectivity index (χ1n) is 10.9. The Morgan fingerprint density at radius 3 is 2.21 bits per heavy atom. The minimum atomic E-state index is -3.54. The van der Waals surface area contributed by atoms with Gasteiger partial charge in [-0.3, -0.25) is 9.59 Å². The summed E-state index contributed by atoms with van der Waals surface area (Å²) in [7, 11) is -1.51. The Hall–Kier alpha value is -2.95. The van der Waals surface area contributed by atoms with Crippen molar-refractivity contribution in [2.75, 3.05) is 51.7 Å². The number of benzene rings is 2. The van der Waals surface area contributed by atoms with Gasteiger partial charge in [0.15, 0.2) is 6.61 Å². The van der Waals surface area contributed by atoms with Crippen molar-refractivity contribution in [3.05, 3.63) is 54.1 Å². The highest BCUT2D eigenvalue weighted by atomic mass is 32.2. The molecule has 10 heteroatoms. The normalized spacial score (nSPS) is 14.7. The number of piperazine rings is 1. The van der Waals surface area contributed by atoms with E-state index in [0.29, 0.717) is 43.1 Å². The molecule has 0 saturated carbocycles. The zero-order chi connectivity index (χ0) is 23.8. The topological polar surface area (TPSA) is 108 Å². The lowest BCUT2D eigenvalue weighted by molar-refractivity contribution is -0.118. The van der Waals surface area contributed by atoms with E-state index in [2.05, 4.69) is 14.9 Å². The molecule has 0 unspecified atom stereocenters. The van der Waals surface area contributed by atoms with Gasteiger partial charge in [0.05, 0.1) is 4.90 Å². The lowest BCUT2D eigenvalue weighted by Gasteiger charge is -2.32. The number of likely N-dealkylation sites (N-methyl/N-ethyl adjacent to an activating group) is 1. The molecule has 1 aliphatic rings. The Morgan fingerprint density at radius 1 is 0.970 bits per heavy atom. The van der Waals surface area contributed by atoms with Crippen molar-refractivity contribution in [1.29, 1.82) is 0 Å². The van der Waals surface area contributed by atoms with Crippen LogP contribution in [0, 0.1) is 0 Å².